The first-order valence-electron chi connectivity index (χ1n) is 7.15. The summed E-state index contributed by atoms with van der Waals surface area (Å²) in [6.45, 7) is 8.14. The molecule has 0 amide bonds. The van der Waals surface area contributed by atoms with E-state index in [1.165, 1.54) is 12.1 Å². The lowest BCUT2D eigenvalue weighted by Gasteiger charge is -2.15. The number of nitrogens with zero attached hydrogens (tertiary/aromatic N) is 3. The van der Waals surface area contributed by atoms with Crippen LogP contribution >= 0.6 is 0 Å². The van der Waals surface area contributed by atoms with Gasteiger partial charge in [-0.25, -0.2) is 8.91 Å². The van der Waals surface area contributed by atoms with Gasteiger partial charge in [-0.05, 0) is 24.2 Å². The van der Waals surface area contributed by atoms with Gasteiger partial charge in [0.1, 0.15) is 18.2 Å². The van der Waals surface area contributed by atoms with Gasteiger partial charge < -0.3 is 9.30 Å². The highest BCUT2D eigenvalue weighted by molar-refractivity contribution is 6.76. The summed E-state index contributed by atoms with van der Waals surface area (Å²) in [4.78, 5) is 0. The van der Waals surface area contributed by atoms with E-state index in [4.69, 9.17) is 4.74 Å². The van der Waals surface area contributed by atoms with E-state index in [0.717, 1.165) is 29.3 Å². The van der Waals surface area contributed by atoms with Crippen molar-refractivity contribution in [3.63, 3.8) is 0 Å². The van der Waals surface area contributed by atoms with Crippen molar-refractivity contribution in [3.05, 3.63) is 36.3 Å². The van der Waals surface area contributed by atoms with E-state index < -0.39 is 8.07 Å². The van der Waals surface area contributed by atoms with Gasteiger partial charge in [-0.1, -0.05) is 19.6 Å². The molecular formula is C15H20FN3OSi. The van der Waals surface area contributed by atoms with Crippen LogP contribution in [0.3, 0.4) is 0 Å². The Morgan fingerprint density at radius 3 is 2.76 bits per heavy atom. The summed E-state index contributed by atoms with van der Waals surface area (Å²) >= 11 is 0. The maximum Gasteiger partial charge on any atom is 0.138 e. The molecule has 112 valence electrons. The van der Waals surface area contributed by atoms with Crippen LogP contribution in [-0.4, -0.2) is 28.9 Å². The molecule has 0 bridgehead atoms. The lowest BCUT2D eigenvalue weighted by Crippen LogP contribution is -2.22. The van der Waals surface area contributed by atoms with Crippen molar-refractivity contribution in [2.24, 2.45) is 0 Å². The topological polar surface area (TPSA) is 31.5 Å². The van der Waals surface area contributed by atoms with Gasteiger partial charge in [0.25, 0.3) is 0 Å². The van der Waals surface area contributed by atoms with Crippen molar-refractivity contribution in [1.29, 1.82) is 0 Å². The highest BCUT2D eigenvalue weighted by atomic mass is 28.3. The average Bonchev–Trinajstić information content (AvgIpc) is 2.95. The Hall–Kier alpha value is -1.66. The number of hydrogen-bond donors (Lipinski definition) is 0. The zero-order valence-electron chi connectivity index (χ0n) is 12.6. The molecule has 6 heteroatoms. The smallest absolute Gasteiger partial charge is 0.138 e. The summed E-state index contributed by atoms with van der Waals surface area (Å²) in [5.74, 6) is -0.244. The molecule has 3 rings (SSSR count). The molecule has 0 unspecified atom stereocenters. The molecule has 0 aliphatic rings. The van der Waals surface area contributed by atoms with Gasteiger partial charge in [0, 0.05) is 20.7 Å². The molecule has 0 N–H and O–H groups in total. The van der Waals surface area contributed by atoms with Gasteiger partial charge in [-0.15, -0.1) is 0 Å². The van der Waals surface area contributed by atoms with Gasteiger partial charge in [0.05, 0.1) is 17.2 Å². The van der Waals surface area contributed by atoms with E-state index in [0.29, 0.717) is 6.73 Å². The molecule has 0 aliphatic heterocycles. The number of benzene rings is 1. The molecule has 0 saturated carbocycles. The van der Waals surface area contributed by atoms with Gasteiger partial charge >= 0.3 is 0 Å². The van der Waals surface area contributed by atoms with Crippen molar-refractivity contribution < 1.29 is 9.13 Å². The predicted octanol–water partition coefficient (Wildman–Crippen LogP) is 3.74. The Kier molecular flexibility index (Phi) is 3.58. The second kappa shape index (κ2) is 5.27. The summed E-state index contributed by atoms with van der Waals surface area (Å²) in [6.07, 6.45) is 1.75. The minimum atomic E-state index is -1.09. The third kappa shape index (κ3) is 2.86. The molecule has 0 radical (unpaired) electrons. The fourth-order valence-electron chi connectivity index (χ4n) is 2.37. The van der Waals surface area contributed by atoms with Crippen molar-refractivity contribution >= 4 is 24.8 Å². The normalized spacial score (nSPS) is 12.6. The summed E-state index contributed by atoms with van der Waals surface area (Å²) < 4.78 is 23.1. The minimum absolute atomic E-state index is 0.244. The third-order valence-corrected chi connectivity index (χ3v) is 5.28. The van der Waals surface area contributed by atoms with Crippen LogP contribution in [0.5, 0.6) is 0 Å². The van der Waals surface area contributed by atoms with E-state index in [1.807, 2.05) is 15.1 Å². The molecular weight excluding hydrogens is 285 g/mol. The summed E-state index contributed by atoms with van der Waals surface area (Å²) in [5.41, 5.74) is 2.62. The van der Waals surface area contributed by atoms with Crippen LogP contribution < -0.4 is 0 Å². The highest BCUT2D eigenvalue weighted by Crippen LogP contribution is 2.21. The lowest BCUT2D eigenvalue weighted by molar-refractivity contribution is 0.0925. The molecule has 1 aromatic carbocycles. The van der Waals surface area contributed by atoms with Gasteiger partial charge in [0.2, 0.25) is 0 Å². The van der Waals surface area contributed by atoms with E-state index in [1.54, 1.807) is 12.3 Å². The van der Waals surface area contributed by atoms with Crippen molar-refractivity contribution in [3.8, 4) is 0 Å². The summed E-state index contributed by atoms with van der Waals surface area (Å²) in [5, 5.41) is 4.29. The monoisotopic (exact) mass is 305 g/mol. The van der Waals surface area contributed by atoms with Crippen LogP contribution in [0.1, 0.15) is 0 Å². The fourth-order valence-corrected chi connectivity index (χ4v) is 3.13. The Bertz CT molecular complexity index is 772. The number of imidazole rings is 1. The number of halogens is 1. The standard InChI is InChI=1S/C15H20FN3OSi/c1-21(2,3)9-8-20-11-18-14-10-12(16)4-5-13(14)19-15(18)6-7-17-19/h4-7,10H,8-9,11H2,1-3H3. The van der Waals surface area contributed by atoms with Crippen molar-refractivity contribution in [2.45, 2.75) is 32.4 Å². The first-order chi connectivity index (χ1) is 9.96. The maximum atomic E-state index is 13.5. The Balaban J connectivity index is 1.88. The van der Waals surface area contributed by atoms with Gasteiger partial charge in [-0.2, -0.15) is 5.10 Å². The molecule has 0 aliphatic carbocycles. The first kappa shape index (κ1) is 14.3. The molecule has 0 fully saturated rings. The quantitative estimate of drug-likeness (QED) is 0.531. The Labute approximate surface area is 124 Å². The number of ether oxygens (including phenoxy) is 1. The average molecular weight is 305 g/mol. The lowest BCUT2D eigenvalue weighted by atomic mass is 10.3. The maximum absolute atomic E-state index is 13.5. The number of hydrogen-bond acceptors (Lipinski definition) is 2. The fraction of sp³-hybridized carbons (Fsp3) is 0.400. The predicted molar refractivity (Wildman–Crippen MR) is 84.8 cm³/mol. The van der Waals surface area contributed by atoms with Crippen LogP contribution in [-0.2, 0) is 11.5 Å². The number of fused-ring (bicyclic) bond motifs is 3. The van der Waals surface area contributed by atoms with E-state index in [-0.39, 0.29) is 5.82 Å². The Morgan fingerprint density at radius 2 is 2.00 bits per heavy atom. The highest BCUT2D eigenvalue weighted by Gasteiger charge is 2.14. The van der Waals surface area contributed by atoms with Crippen LogP contribution in [0, 0.1) is 5.82 Å². The van der Waals surface area contributed by atoms with Crippen LogP contribution in [0.15, 0.2) is 30.5 Å². The molecule has 4 nitrogen and oxygen atoms in total. The van der Waals surface area contributed by atoms with Gasteiger partial charge in [0.15, 0.2) is 0 Å². The summed E-state index contributed by atoms with van der Waals surface area (Å²) in [6, 6.07) is 7.78. The minimum Gasteiger partial charge on any atom is -0.361 e. The third-order valence-electron chi connectivity index (χ3n) is 3.57. The molecule has 0 atom stereocenters. The van der Waals surface area contributed by atoms with Gasteiger partial charge in [-0.3, -0.25) is 0 Å². The zero-order valence-corrected chi connectivity index (χ0v) is 13.6. The van der Waals surface area contributed by atoms with E-state index in [2.05, 4.69) is 24.7 Å². The Morgan fingerprint density at radius 1 is 1.19 bits per heavy atom. The molecule has 0 saturated heterocycles. The number of rotatable bonds is 5. The summed E-state index contributed by atoms with van der Waals surface area (Å²) in [7, 11) is -1.09. The molecule has 3 aromatic rings. The van der Waals surface area contributed by atoms with Crippen LogP contribution in [0.2, 0.25) is 25.7 Å². The first-order valence-corrected chi connectivity index (χ1v) is 10.9. The van der Waals surface area contributed by atoms with Crippen LogP contribution in [0.25, 0.3) is 16.7 Å². The molecule has 0 spiro atoms. The van der Waals surface area contributed by atoms with E-state index >= 15 is 0 Å². The SMILES string of the molecule is C[Si](C)(C)CCOCn1c2cc(F)ccc2n2nccc12. The second-order valence-electron chi connectivity index (χ2n) is 6.51. The second-order valence-corrected chi connectivity index (χ2v) is 12.1. The molecule has 21 heavy (non-hydrogen) atoms. The van der Waals surface area contributed by atoms with Crippen LogP contribution in [0.4, 0.5) is 4.39 Å². The zero-order chi connectivity index (χ0) is 15.0. The molecule has 2 aromatic heterocycles. The van der Waals surface area contributed by atoms with Crippen molar-refractivity contribution in [1.82, 2.24) is 14.2 Å². The molecule has 2 heterocycles. The largest absolute Gasteiger partial charge is 0.361 e. The van der Waals surface area contributed by atoms with Crippen molar-refractivity contribution in [2.75, 3.05) is 6.61 Å². The number of aromatic nitrogens is 3. The van der Waals surface area contributed by atoms with E-state index in [9.17, 15) is 4.39 Å².